The number of nitrogens with one attached hydrogen (secondary N) is 1. The maximum Gasteiger partial charge on any atom is 0.266 e. The second-order valence-electron chi connectivity index (χ2n) is 5.84. The lowest BCUT2D eigenvalue weighted by atomic mass is 10.2. The number of hydrogen-bond donors (Lipinski definition) is 1. The normalized spacial score (nSPS) is 11.8. The fourth-order valence-electron chi connectivity index (χ4n) is 2.17. The minimum absolute atomic E-state index is 0.257. The molecule has 0 spiro atoms. The topological polar surface area (TPSA) is 64.1 Å². The lowest BCUT2D eigenvalue weighted by Gasteiger charge is -2.13. The number of benzene rings is 2. The molecular weight excluding hydrogens is 334 g/mol. The summed E-state index contributed by atoms with van der Waals surface area (Å²) in [6.07, 6.45) is -0.630. The number of aromatic nitrogens is 2. The first kappa shape index (κ1) is 17.1. The van der Waals surface area contributed by atoms with Crippen LogP contribution >= 0.6 is 11.3 Å². The van der Waals surface area contributed by atoms with Gasteiger partial charge < -0.3 is 4.74 Å². The van der Waals surface area contributed by atoms with Crippen molar-refractivity contribution in [2.75, 3.05) is 5.32 Å². The van der Waals surface area contributed by atoms with Gasteiger partial charge in [0.2, 0.25) is 5.13 Å². The molecule has 1 amide bonds. The molecule has 0 bridgehead atoms. The summed E-state index contributed by atoms with van der Waals surface area (Å²) in [7, 11) is 0. The maximum atomic E-state index is 12.3. The molecule has 2 aromatic carbocycles. The third-order valence-corrected chi connectivity index (χ3v) is 4.54. The molecule has 0 aliphatic heterocycles. The summed E-state index contributed by atoms with van der Waals surface area (Å²) in [4.78, 5) is 12.3. The number of amides is 1. The van der Waals surface area contributed by atoms with Gasteiger partial charge in [-0.1, -0.05) is 58.9 Å². The summed E-state index contributed by atoms with van der Waals surface area (Å²) >= 11 is 1.34. The van der Waals surface area contributed by atoms with Gasteiger partial charge >= 0.3 is 0 Å². The predicted molar refractivity (Wildman–Crippen MR) is 100.0 cm³/mol. The van der Waals surface area contributed by atoms with Crippen LogP contribution in [0, 0.1) is 13.8 Å². The van der Waals surface area contributed by atoms with Gasteiger partial charge in [0.05, 0.1) is 0 Å². The van der Waals surface area contributed by atoms with Gasteiger partial charge in [0.1, 0.15) is 10.8 Å². The highest BCUT2D eigenvalue weighted by Gasteiger charge is 2.17. The quantitative estimate of drug-likeness (QED) is 0.745. The maximum absolute atomic E-state index is 12.3. The number of rotatable bonds is 5. The van der Waals surface area contributed by atoms with Crippen LogP contribution in [-0.2, 0) is 4.79 Å². The van der Waals surface area contributed by atoms with E-state index in [9.17, 15) is 4.79 Å². The highest BCUT2D eigenvalue weighted by atomic mass is 32.1. The molecule has 3 aromatic rings. The molecule has 25 heavy (non-hydrogen) atoms. The van der Waals surface area contributed by atoms with E-state index in [1.165, 1.54) is 16.9 Å². The number of aryl methyl sites for hydroxylation is 2. The zero-order valence-electron chi connectivity index (χ0n) is 14.3. The molecule has 0 aliphatic carbocycles. The molecule has 0 saturated carbocycles. The van der Waals surface area contributed by atoms with E-state index >= 15 is 0 Å². The Morgan fingerprint density at radius 1 is 1.00 bits per heavy atom. The van der Waals surface area contributed by atoms with E-state index in [4.69, 9.17) is 4.74 Å². The molecule has 1 heterocycles. The number of carbonyl (C=O) groups is 1. The fraction of sp³-hybridized carbons (Fsp3) is 0.211. The first-order valence-electron chi connectivity index (χ1n) is 7.96. The Balaban J connectivity index is 1.62. The van der Waals surface area contributed by atoms with Crippen molar-refractivity contribution in [1.29, 1.82) is 0 Å². The zero-order chi connectivity index (χ0) is 17.8. The average Bonchev–Trinajstić information content (AvgIpc) is 3.06. The van der Waals surface area contributed by atoms with Gasteiger partial charge in [0, 0.05) is 5.56 Å². The van der Waals surface area contributed by atoms with E-state index in [0.717, 1.165) is 16.1 Å². The summed E-state index contributed by atoms with van der Waals surface area (Å²) in [6.45, 7) is 5.74. The van der Waals surface area contributed by atoms with Crippen molar-refractivity contribution < 1.29 is 9.53 Å². The highest BCUT2D eigenvalue weighted by molar-refractivity contribution is 7.18. The van der Waals surface area contributed by atoms with E-state index in [2.05, 4.69) is 15.5 Å². The Bertz CT molecular complexity index is 857. The summed E-state index contributed by atoms with van der Waals surface area (Å²) in [5, 5.41) is 12.2. The molecule has 0 fully saturated rings. The monoisotopic (exact) mass is 353 g/mol. The minimum atomic E-state index is -0.630. The second kappa shape index (κ2) is 7.44. The smallest absolute Gasteiger partial charge is 0.266 e. The van der Waals surface area contributed by atoms with Crippen molar-refractivity contribution in [3.8, 4) is 16.3 Å². The fourth-order valence-corrected chi connectivity index (χ4v) is 2.92. The molecule has 1 atom stereocenters. The van der Waals surface area contributed by atoms with Crippen LogP contribution in [0.25, 0.3) is 10.6 Å². The van der Waals surface area contributed by atoms with Crippen LogP contribution in [0.5, 0.6) is 5.75 Å². The Hall–Kier alpha value is -2.73. The number of anilines is 1. The third-order valence-electron chi connectivity index (χ3n) is 3.66. The lowest BCUT2D eigenvalue weighted by molar-refractivity contribution is -0.122. The first-order chi connectivity index (χ1) is 12.0. The van der Waals surface area contributed by atoms with Crippen LogP contribution in [0.15, 0.2) is 48.5 Å². The average molecular weight is 353 g/mol. The number of nitrogens with zero attached hydrogens (tertiary/aromatic N) is 2. The molecule has 0 aliphatic rings. The van der Waals surface area contributed by atoms with E-state index in [1.807, 2.05) is 62.4 Å². The Kier molecular flexibility index (Phi) is 5.09. The molecule has 0 saturated heterocycles. The van der Waals surface area contributed by atoms with Crippen molar-refractivity contribution in [2.24, 2.45) is 0 Å². The molecule has 1 aromatic heterocycles. The number of ether oxygens (including phenoxy) is 1. The van der Waals surface area contributed by atoms with Crippen molar-refractivity contribution in [3.63, 3.8) is 0 Å². The molecule has 6 heteroatoms. The van der Waals surface area contributed by atoms with Crippen LogP contribution in [0.4, 0.5) is 5.13 Å². The van der Waals surface area contributed by atoms with Gasteiger partial charge in [0.15, 0.2) is 6.10 Å². The number of hydrogen-bond acceptors (Lipinski definition) is 5. The largest absolute Gasteiger partial charge is 0.481 e. The Morgan fingerprint density at radius 2 is 1.60 bits per heavy atom. The van der Waals surface area contributed by atoms with Gasteiger partial charge in [-0.15, -0.1) is 10.2 Å². The minimum Gasteiger partial charge on any atom is -0.481 e. The number of carbonyl (C=O) groups excluding carboxylic acids is 1. The van der Waals surface area contributed by atoms with Gasteiger partial charge in [-0.3, -0.25) is 10.1 Å². The molecule has 0 unspecified atom stereocenters. The summed E-state index contributed by atoms with van der Waals surface area (Å²) in [5.74, 6) is 0.401. The van der Waals surface area contributed by atoms with Crippen LogP contribution in [0.1, 0.15) is 18.1 Å². The van der Waals surface area contributed by atoms with Gasteiger partial charge in [-0.25, -0.2) is 0 Å². The standard InChI is InChI=1S/C19H19N3O2S/c1-12-4-8-15(9-5-12)18-21-22-19(25-18)20-17(23)14(3)24-16-10-6-13(2)7-11-16/h4-11,14H,1-3H3,(H,20,22,23)/t14-/m1/s1. The summed E-state index contributed by atoms with van der Waals surface area (Å²) in [5.41, 5.74) is 3.30. The molecule has 128 valence electrons. The second-order valence-corrected chi connectivity index (χ2v) is 6.82. The van der Waals surface area contributed by atoms with E-state index in [-0.39, 0.29) is 5.91 Å². The van der Waals surface area contributed by atoms with Crippen LogP contribution in [0.2, 0.25) is 0 Å². The van der Waals surface area contributed by atoms with Crippen molar-refractivity contribution in [1.82, 2.24) is 10.2 Å². The van der Waals surface area contributed by atoms with Crippen LogP contribution in [0.3, 0.4) is 0 Å². The molecule has 1 N–H and O–H groups in total. The predicted octanol–water partition coefficient (Wildman–Crippen LogP) is 4.23. The van der Waals surface area contributed by atoms with Gasteiger partial charge in [0.25, 0.3) is 5.91 Å². The third kappa shape index (κ3) is 4.42. The van der Waals surface area contributed by atoms with Crippen LogP contribution < -0.4 is 10.1 Å². The van der Waals surface area contributed by atoms with Crippen LogP contribution in [-0.4, -0.2) is 22.2 Å². The van der Waals surface area contributed by atoms with E-state index in [0.29, 0.717) is 10.9 Å². The van der Waals surface area contributed by atoms with Gasteiger partial charge in [-0.05, 0) is 32.9 Å². The molecular formula is C19H19N3O2S. The summed E-state index contributed by atoms with van der Waals surface area (Å²) < 4.78 is 5.65. The zero-order valence-corrected chi connectivity index (χ0v) is 15.1. The van der Waals surface area contributed by atoms with E-state index in [1.54, 1.807) is 6.92 Å². The lowest BCUT2D eigenvalue weighted by Crippen LogP contribution is -2.30. The van der Waals surface area contributed by atoms with Crippen molar-refractivity contribution in [2.45, 2.75) is 26.9 Å². The summed E-state index contributed by atoms with van der Waals surface area (Å²) in [6, 6.07) is 15.6. The van der Waals surface area contributed by atoms with Gasteiger partial charge in [-0.2, -0.15) is 0 Å². The van der Waals surface area contributed by atoms with Crippen molar-refractivity contribution >= 4 is 22.4 Å². The highest BCUT2D eigenvalue weighted by Crippen LogP contribution is 2.26. The molecule has 3 rings (SSSR count). The molecule has 5 nitrogen and oxygen atoms in total. The Morgan fingerprint density at radius 3 is 2.24 bits per heavy atom. The SMILES string of the molecule is Cc1ccc(O[C@H](C)C(=O)Nc2nnc(-c3ccc(C)cc3)s2)cc1. The molecule has 0 radical (unpaired) electrons. The Labute approximate surface area is 150 Å². The van der Waals surface area contributed by atoms with Crippen molar-refractivity contribution in [3.05, 3.63) is 59.7 Å². The van der Waals surface area contributed by atoms with E-state index < -0.39 is 6.10 Å². The first-order valence-corrected chi connectivity index (χ1v) is 8.77.